The SMILES string of the molecule is CC(=N)N1CC[C@H](S[C@H]2C[C@H]([C@H](C(=O)O)[C@@H](C)O)N[C@H]2C(=O)O)C1. The van der Waals surface area contributed by atoms with E-state index in [0.717, 1.165) is 13.0 Å². The van der Waals surface area contributed by atoms with Crippen molar-refractivity contribution < 1.29 is 24.9 Å². The Labute approximate surface area is 145 Å². The Kier molecular flexibility index (Phi) is 6.11. The highest BCUT2D eigenvalue weighted by molar-refractivity contribution is 8.00. The van der Waals surface area contributed by atoms with Gasteiger partial charge in [0, 0.05) is 29.6 Å². The van der Waals surface area contributed by atoms with Crippen LogP contribution in [0.4, 0.5) is 0 Å². The molecule has 0 spiro atoms. The van der Waals surface area contributed by atoms with Crippen LogP contribution in [-0.4, -0.2) is 79.8 Å². The molecule has 0 saturated carbocycles. The summed E-state index contributed by atoms with van der Waals surface area (Å²) in [6.07, 6.45) is 0.220. The first-order chi connectivity index (χ1) is 11.2. The number of amidine groups is 1. The van der Waals surface area contributed by atoms with Crippen molar-refractivity contribution in [1.82, 2.24) is 10.2 Å². The van der Waals surface area contributed by atoms with Gasteiger partial charge in [0.15, 0.2) is 0 Å². The van der Waals surface area contributed by atoms with E-state index in [1.807, 2.05) is 4.90 Å². The molecule has 2 rings (SSSR count). The Hall–Kier alpha value is -1.32. The van der Waals surface area contributed by atoms with Crippen LogP contribution in [0.25, 0.3) is 0 Å². The third-order valence-electron chi connectivity index (χ3n) is 4.74. The highest BCUT2D eigenvalue weighted by Gasteiger charge is 2.46. The summed E-state index contributed by atoms with van der Waals surface area (Å²) in [7, 11) is 0. The van der Waals surface area contributed by atoms with Crippen molar-refractivity contribution >= 4 is 29.5 Å². The number of hydrogen-bond donors (Lipinski definition) is 5. The summed E-state index contributed by atoms with van der Waals surface area (Å²) in [5.74, 6) is -2.64. The van der Waals surface area contributed by atoms with Gasteiger partial charge in [-0.25, -0.2) is 0 Å². The van der Waals surface area contributed by atoms with Crippen LogP contribution < -0.4 is 5.32 Å². The van der Waals surface area contributed by atoms with Gasteiger partial charge >= 0.3 is 11.9 Å². The lowest BCUT2D eigenvalue weighted by Crippen LogP contribution is -2.46. The molecule has 9 heteroatoms. The molecule has 0 radical (unpaired) electrons. The van der Waals surface area contributed by atoms with Crippen LogP contribution in [-0.2, 0) is 9.59 Å². The standard InChI is InChI=1S/C15H25N3O5S/c1-7(19)12(14(20)21)10-5-11(13(17-10)15(22)23)24-9-3-4-18(6-9)8(2)16/h7,9-13,16-17,19H,3-6H2,1-2H3,(H,20,21)(H,22,23)/t7-,9+,10-,11+,12-,13-/m1/s1. The molecule has 0 unspecified atom stereocenters. The van der Waals surface area contributed by atoms with E-state index < -0.39 is 36.0 Å². The molecule has 0 amide bonds. The topological polar surface area (TPSA) is 134 Å². The monoisotopic (exact) mass is 359 g/mol. The van der Waals surface area contributed by atoms with Crippen LogP contribution in [0.5, 0.6) is 0 Å². The van der Waals surface area contributed by atoms with E-state index in [2.05, 4.69) is 5.32 Å². The van der Waals surface area contributed by atoms with Gasteiger partial charge in [-0.05, 0) is 26.7 Å². The zero-order chi connectivity index (χ0) is 18.0. The summed E-state index contributed by atoms with van der Waals surface area (Å²) in [6.45, 7) is 4.66. The van der Waals surface area contributed by atoms with E-state index in [1.165, 1.54) is 6.92 Å². The molecule has 136 valence electrons. The maximum atomic E-state index is 11.5. The van der Waals surface area contributed by atoms with Gasteiger partial charge in [0.1, 0.15) is 6.04 Å². The van der Waals surface area contributed by atoms with Crippen molar-refractivity contribution in [2.75, 3.05) is 13.1 Å². The minimum atomic E-state index is -1.12. The predicted molar refractivity (Wildman–Crippen MR) is 90.5 cm³/mol. The number of hydrogen-bond acceptors (Lipinski definition) is 6. The number of carboxylic acid groups (broad SMARTS) is 2. The molecule has 0 aromatic carbocycles. The molecule has 2 saturated heterocycles. The molecular weight excluding hydrogens is 334 g/mol. The largest absolute Gasteiger partial charge is 0.481 e. The average molecular weight is 359 g/mol. The van der Waals surface area contributed by atoms with Gasteiger partial charge in [0.25, 0.3) is 0 Å². The predicted octanol–water partition coefficient (Wildman–Crippen LogP) is 0.0564. The number of aliphatic hydroxyl groups is 1. The number of aliphatic hydroxyl groups excluding tert-OH is 1. The number of carboxylic acids is 2. The molecule has 2 fully saturated rings. The summed E-state index contributed by atoms with van der Waals surface area (Å²) in [5, 5.41) is 39.0. The van der Waals surface area contributed by atoms with Crippen LogP contribution >= 0.6 is 11.8 Å². The molecule has 24 heavy (non-hydrogen) atoms. The third kappa shape index (κ3) is 4.20. The van der Waals surface area contributed by atoms with Gasteiger partial charge in [-0.15, -0.1) is 0 Å². The van der Waals surface area contributed by atoms with Crippen LogP contribution in [0.1, 0.15) is 26.7 Å². The molecule has 0 aromatic rings. The Morgan fingerprint density at radius 1 is 1.38 bits per heavy atom. The van der Waals surface area contributed by atoms with Crippen molar-refractivity contribution in [3.05, 3.63) is 0 Å². The number of thioether (sulfide) groups is 1. The quantitative estimate of drug-likeness (QED) is 0.332. The maximum absolute atomic E-state index is 11.5. The number of rotatable bonds is 6. The molecule has 2 aliphatic rings. The fourth-order valence-corrected chi connectivity index (χ4v) is 5.19. The van der Waals surface area contributed by atoms with Gasteiger partial charge < -0.3 is 20.2 Å². The van der Waals surface area contributed by atoms with E-state index in [-0.39, 0.29) is 10.5 Å². The second kappa shape index (κ2) is 7.71. The van der Waals surface area contributed by atoms with Gasteiger partial charge in [-0.1, -0.05) is 0 Å². The fraction of sp³-hybridized carbons (Fsp3) is 0.800. The zero-order valence-corrected chi connectivity index (χ0v) is 14.6. The van der Waals surface area contributed by atoms with Crippen molar-refractivity contribution in [2.45, 2.75) is 55.4 Å². The highest BCUT2D eigenvalue weighted by atomic mass is 32.2. The molecule has 0 bridgehead atoms. The number of nitrogens with zero attached hydrogens (tertiary/aromatic N) is 1. The third-order valence-corrected chi connectivity index (χ3v) is 6.33. The van der Waals surface area contributed by atoms with Crippen LogP contribution in [0.2, 0.25) is 0 Å². The molecule has 0 aliphatic carbocycles. The Morgan fingerprint density at radius 2 is 2.04 bits per heavy atom. The minimum absolute atomic E-state index is 0.229. The van der Waals surface area contributed by atoms with Crippen LogP contribution in [0, 0.1) is 11.3 Å². The smallest absolute Gasteiger partial charge is 0.321 e. The lowest BCUT2D eigenvalue weighted by molar-refractivity contribution is -0.147. The highest BCUT2D eigenvalue weighted by Crippen LogP contribution is 2.36. The van der Waals surface area contributed by atoms with Crippen molar-refractivity contribution in [3.8, 4) is 0 Å². The number of aliphatic carboxylic acids is 2. The Morgan fingerprint density at radius 3 is 2.50 bits per heavy atom. The summed E-state index contributed by atoms with van der Waals surface area (Å²) in [5.41, 5.74) is 0. The molecule has 6 atom stereocenters. The number of nitrogens with one attached hydrogen (secondary N) is 2. The van der Waals surface area contributed by atoms with E-state index in [1.54, 1.807) is 18.7 Å². The van der Waals surface area contributed by atoms with Gasteiger partial charge in [-0.2, -0.15) is 11.8 Å². The molecule has 0 aromatic heterocycles. The molecular formula is C15H25N3O5S. The van der Waals surface area contributed by atoms with Gasteiger partial charge in [-0.3, -0.25) is 20.3 Å². The first-order valence-corrected chi connectivity index (χ1v) is 9.00. The normalized spacial score (nSPS) is 32.5. The van der Waals surface area contributed by atoms with Gasteiger partial charge in [0.2, 0.25) is 0 Å². The van der Waals surface area contributed by atoms with Crippen LogP contribution in [0.3, 0.4) is 0 Å². The number of carbonyl (C=O) groups is 2. The van der Waals surface area contributed by atoms with Crippen molar-refractivity contribution in [1.29, 1.82) is 5.41 Å². The van der Waals surface area contributed by atoms with E-state index in [9.17, 15) is 24.9 Å². The minimum Gasteiger partial charge on any atom is -0.481 e. The van der Waals surface area contributed by atoms with Crippen LogP contribution in [0.15, 0.2) is 0 Å². The van der Waals surface area contributed by atoms with E-state index in [0.29, 0.717) is 18.8 Å². The molecule has 2 heterocycles. The Balaban J connectivity index is 2.04. The van der Waals surface area contributed by atoms with E-state index in [4.69, 9.17) is 5.41 Å². The van der Waals surface area contributed by atoms with Crippen molar-refractivity contribution in [2.24, 2.45) is 5.92 Å². The Bertz CT molecular complexity index is 515. The van der Waals surface area contributed by atoms with Crippen molar-refractivity contribution in [3.63, 3.8) is 0 Å². The summed E-state index contributed by atoms with van der Waals surface area (Å²) < 4.78 is 0. The fourth-order valence-electron chi connectivity index (χ4n) is 3.51. The second-order valence-electron chi connectivity index (χ2n) is 6.55. The lowest BCUT2D eigenvalue weighted by Gasteiger charge is -2.22. The molecule has 5 N–H and O–H groups in total. The summed E-state index contributed by atoms with van der Waals surface area (Å²) in [4.78, 5) is 24.9. The zero-order valence-electron chi connectivity index (χ0n) is 13.8. The number of likely N-dealkylation sites (tertiary alicyclic amines) is 1. The second-order valence-corrected chi connectivity index (χ2v) is 8.09. The summed E-state index contributed by atoms with van der Waals surface area (Å²) >= 11 is 1.56. The lowest BCUT2D eigenvalue weighted by atomic mass is 9.93. The first-order valence-electron chi connectivity index (χ1n) is 8.06. The van der Waals surface area contributed by atoms with E-state index >= 15 is 0 Å². The summed E-state index contributed by atoms with van der Waals surface area (Å²) in [6, 6.07) is -1.39. The first kappa shape index (κ1) is 19.0. The molecule has 2 aliphatic heterocycles. The maximum Gasteiger partial charge on any atom is 0.321 e. The van der Waals surface area contributed by atoms with Gasteiger partial charge in [0.05, 0.1) is 17.9 Å². The molecule has 8 nitrogen and oxygen atoms in total. The average Bonchev–Trinajstić information content (AvgIpc) is 3.06.